The Hall–Kier alpha value is -2.66. The van der Waals surface area contributed by atoms with Crippen LogP contribution < -0.4 is 10.5 Å². The summed E-state index contributed by atoms with van der Waals surface area (Å²) < 4.78 is 10.8. The van der Waals surface area contributed by atoms with Crippen molar-refractivity contribution in [3.63, 3.8) is 0 Å². The Morgan fingerprint density at radius 1 is 1.05 bits per heavy atom. The highest BCUT2D eigenvalue weighted by Crippen LogP contribution is 2.18. The zero-order valence-electron chi connectivity index (χ0n) is 12.1. The Balaban J connectivity index is 1.69. The number of hydrogen-bond donors (Lipinski definition) is 1. The molecule has 0 radical (unpaired) electrons. The number of rotatable bonds is 6. The molecule has 0 aliphatic rings. The summed E-state index contributed by atoms with van der Waals surface area (Å²) in [5, 5.41) is 4.00. The number of para-hydroxylation sites is 1. The lowest BCUT2D eigenvalue weighted by Gasteiger charge is -2.01. The summed E-state index contributed by atoms with van der Waals surface area (Å²) in [6.45, 7) is 0.866. The smallest absolute Gasteiger partial charge is 0.264 e. The Bertz CT molecular complexity index is 726. The maximum atomic E-state index is 5.59. The summed E-state index contributed by atoms with van der Waals surface area (Å²) in [4.78, 5) is 4.36. The van der Waals surface area contributed by atoms with Gasteiger partial charge in [-0.1, -0.05) is 41.6 Å². The van der Waals surface area contributed by atoms with Gasteiger partial charge in [0.15, 0.2) is 6.61 Å². The fraction of sp³-hybridized carbons (Fsp3) is 0.176. The molecule has 1 aromatic heterocycles. The topological polar surface area (TPSA) is 74.2 Å². The van der Waals surface area contributed by atoms with E-state index < -0.39 is 0 Å². The van der Waals surface area contributed by atoms with E-state index in [2.05, 4.69) is 10.1 Å². The van der Waals surface area contributed by atoms with E-state index in [1.165, 1.54) is 0 Å². The molecule has 0 amide bonds. The van der Waals surface area contributed by atoms with Crippen LogP contribution in [0.4, 0.5) is 0 Å². The van der Waals surface area contributed by atoms with Crippen LogP contribution in [0.5, 0.6) is 5.75 Å². The molecule has 22 heavy (non-hydrogen) atoms. The van der Waals surface area contributed by atoms with Gasteiger partial charge in [-0.3, -0.25) is 0 Å². The van der Waals surface area contributed by atoms with Crippen LogP contribution in [0.25, 0.3) is 11.4 Å². The number of nitrogens with zero attached hydrogens (tertiary/aromatic N) is 2. The third-order valence-corrected chi connectivity index (χ3v) is 3.19. The summed E-state index contributed by atoms with van der Waals surface area (Å²) in [5.41, 5.74) is 7.66. The SMILES string of the molecule is NCCc1cccc(-c2noc(COc3ccccc3)n2)c1. The van der Waals surface area contributed by atoms with Gasteiger partial charge < -0.3 is 15.0 Å². The van der Waals surface area contributed by atoms with Crippen molar-refractivity contribution in [3.05, 3.63) is 66.1 Å². The molecule has 0 spiro atoms. The average molecular weight is 295 g/mol. The molecule has 0 unspecified atom stereocenters. The van der Waals surface area contributed by atoms with Crippen LogP contribution in [0.15, 0.2) is 59.1 Å². The molecule has 3 aromatic rings. The van der Waals surface area contributed by atoms with Crippen molar-refractivity contribution in [1.29, 1.82) is 0 Å². The Kier molecular flexibility index (Phi) is 4.46. The number of hydrogen-bond acceptors (Lipinski definition) is 5. The first-order valence-corrected chi connectivity index (χ1v) is 7.15. The molecule has 5 heteroatoms. The van der Waals surface area contributed by atoms with Gasteiger partial charge in [-0.25, -0.2) is 0 Å². The van der Waals surface area contributed by atoms with E-state index in [1.807, 2.05) is 54.6 Å². The fourth-order valence-corrected chi connectivity index (χ4v) is 2.13. The standard InChI is InChI=1S/C17H17N3O2/c18-10-9-13-5-4-6-14(11-13)17-19-16(22-20-17)12-21-15-7-2-1-3-8-15/h1-8,11H,9-10,12,18H2. The quantitative estimate of drug-likeness (QED) is 0.757. The highest BCUT2D eigenvalue weighted by atomic mass is 16.5. The summed E-state index contributed by atoms with van der Waals surface area (Å²) in [7, 11) is 0. The normalized spacial score (nSPS) is 10.6. The largest absolute Gasteiger partial charge is 0.484 e. The minimum Gasteiger partial charge on any atom is -0.484 e. The van der Waals surface area contributed by atoms with E-state index in [4.69, 9.17) is 15.0 Å². The summed E-state index contributed by atoms with van der Waals surface area (Å²) >= 11 is 0. The van der Waals surface area contributed by atoms with Crippen molar-refractivity contribution in [2.45, 2.75) is 13.0 Å². The molecule has 2 N–H and O–H groups in total. The average Bonchev–Trinajstić information content (AvgIpc) is 3.04. The maximum Gasteiger partial charge on any atom is 0.264 e. The van der Waals surface area contributed by atoms with Crippen molar-refractivity contribution in [3.8, 4) is 17.1 Å². The molecule has 0 aliphatic heterocycles. The molecule has 0 atom stereocenters. The molecular formula is C17H17N3O2. The first kappa shape index (κ1) is 14.3. The minimum absolute atomic E-state index is 0.250. The lowest BCUT2D eigenvalue weighted by molar-refractivity contribution is 0.243. The zero-order valence-corrected chi connectivity index (χ0v) is 12.1. The van der Waals surface area contributed by atoms with Crippen LogP contribution >= 0.6 is 0 Å². The Morgan fingerprint density at radius 3 is 2.73 bits per heavy atom. The number of aromatic nitrogens is 2. The predicted molar refractivity (Wildman–Crippen MR) is 83.3 cm³/mol. The first-order chi connectivity index (χ1) is 10.8. The van der Waals surface area contributed by atoms with Gasteiger partial charge in [-0.15, -0.1) is 0 Å². The lowest BCUT2D eigenvalue weighted by Crippen LogP contribution is -2.02. The molecule has 5 nitrogen and oxygen atoms in total. The third-order valence-electron chi connectivity index (χ3n) is 3.19. The monoisotopic (exact) mass is 295 g/mol. The molecule has 112 valence electrons. The van der Waals surface area contributed by atoms with Crippen molar-refractivity contribution < 1.29 is 9.26 Å². The van der Waals surface area contributed by atoms with Crippen molar-refractivity contribution in [2.24, 2.45) is 5.73 Å². The molecule has 0 aliphatic carbocycles. The highest BCUT2D eigenvalue weighted by molar-refractivity contribution is 5.55. The predicted octanol–water partition coefficient (Wildman–Crippen LogP) is 2.82. The van der Waals surface area contributed by atoms with E-state index in [1.54, 1.807) is 0 Å². The second-order valence-corrected chi connectivity index (χ2v) is 4.85. The highest BCUT2D eigenvalue weighted by Gasteiger charge is 2.09. The van der Waals surface area contributed by atoms with Crippen LogP contribution in [-0.2, 0) is 13.0 Å². The summed E-state index contributed by atoms with van der Waals surface area (Å²) in [6, 6.07) is 17.5. The molecular weight excluding hydrogens is 278 g/mol. The van der Waals surface area contributed by atoms with E-state index in [9.17, 15) is 0 Å². The van der Waals surface area contributed by atoms with Crippen LogP contribution in [0.2, 0.25) is 0 Å². The molecule has 0 saturated heterocycles. The van der Waals surface area contributed by atoms with Gasteiger partial charge in [0.2, 0.25) is 5.82 Å². The van der Waals surface area contributed by atoms with Gasteiger partial charge in [-0.2, -0.15) is 4.98 Å². The summed E-state index contributed by atoms with van der Waals surface area (Å²) in [6.07, 6.45) is 0.829. The molecule has 0 bridgehead atoms. The van der Waals surface area contributed by atoms with E-state index in [0.29, 0.717) is 18.3 Å². The number of ether oxygens (including phenoxy) is 1. The van der Waals surface area contributed by atoms with E-state index >= 15 is 0 Å². The molecule has 3 rings (SSSR count). The van der Waals surface area contributed by atoms with E-state index in [-0.39, 0.29) is 6.61 Å². The second-order valence-electron chi connectivity index (χ2n) is 4.85. The third kappa shape index (κ3) is 3.51. The van der Waals surface area contributed by atoms with Gasteiger partial charge in [0.05, 0.1) is 0 Å². The van der Waals surface area contributed by atoms with E-state index in [0.717, 1.165) is 23.3 Å². The lowest BCUT2D eigenvalue weighted by atomic mass is 10.1. The minimum atomic E-state index is 0.250. The Morgan fingerprint density at radius 2 is 1.91 bits per heavy atom. The van der Waals surface area contributed by atoms with Gasteiger partial charge in [0, 0.05) is 5.56 Å². The fourth-order valence-electron chi connectivity index (χ4n) is 2.13. The van der Waals surface area contributed by atoms with Gasteiger partial charge in [0.1, 0.15) is 5.75 Å². The maximum absolute atomic E-state index is 5.59. The van der Waals surface area contributed by atoms with Crippen LogP contribution in [0, 0.1) is 0 Å². The molecule has 1 heterocycles. The Labute approximate surface area is 128 Å². The van der Waals surface area contributed by atoms with Crippen molar-refractivity contribution in [1.82, 2.24) is 10.1 Å². The van der Waals surface area contributed by atoms with Gasteiger partial charge >= 0.3 is 0 Å². The molecule has 0 fully saturated rings. The van der Waals surface area contributed by atoms with Gasteiger partial charge in [0.25, 0.3) is 5.89 Å². The zero-order chi connectivity index (χ0) is 15.2. The van der Waals surface area contributed by atoms with Crippen molar-refractivity contribution >= 4 is 0 Å². The summed E-state index contributed by atoms with van der Waals surface area (Å²) in [5.74, 6) is 1.78. The number of benzene rings is 2. The van der Waals surface area contributed by atoms with Crippen molar-refractivity contribution in [2.75, 3.05) is 6.54 Å². The van der Waals surface area contributed by atoms with Crippen LogP contribution in [-0.4, -0.2) is 16.7 Å². The second kappa shape index (κ2) is 6.87. The number of nitrogens with two attached hydrogens (primary N) is 1. The van der Waals surface area contributed by atoms with Crippen LogP contribution in [0.1, 0.15) is 11.5 Å². The molecule has 0 saturated carbocycles. The first-order valence-electron chi connectivity index (χ1n) is 7.15. The van der Waals surface area contributed by atoms with Crippen LogP contribution in [0.3, 0.4) is 0 Å². The molecule has 2 aromatic carbocycles. The van der Waals surface area contributed by atoms with Gasteiger partial charge in [-0.05, 0) is 36.7 Å².